The van der Waals surface area contributed by atoms with E-state index in [1.54, 1.807) is 39.8 Å². The number of ketones is 4. The molecule has 0 heterocycles. The number of aromatic hydroxyl groups is 1. The van der Waals surface area contributed by atoms with E-state index in [4.69, 9.17) is 0 Å². The molecule has 1 unspecified atom stereocenters. The molecule has 1 aromatic rings. The number of fused-ring (bicyclic) bond motifs is 3. The highest BCUT2D eigenvalue weighted by Crippen LogP contribution is 2.65. The van der Waals surface area contributed by atoms with Gasteiger partial charge in [0.25, 0.3) is 0 Å². The molecule has 0 spiro atoms. The molecule has 41 heavy (non-hydrogen) atoms. The number of hydrogen-bond acceptors (Lipinski definition) is 8. The van der Waals surface area contributed by atoms with E-state index in [1.807, 2.05) is 20.8 Å². The van der Waals surface area contributed by atoms with Gasteiger partial charge >= 0.3 is 0 Å². The average Bonchev–Trinajstić information content (AvgIpc) is 2.79. The molecule has 0 aromatic heterocycles. The maximum Gasteiger partial charge on any atom is 0.203 e. The summed E-state index contributed by atoms with van der Waals surface area (Å²) in [7, 11) is 0. The van der Waals surface area contributed by atoms with E-state index in [9.17, 15) is 39.6 Å². The minimum atomic E-state index is -2.65. The van der Waals surface area contributed by atoms with Crippen molar-refractivity contribution in [2.24, 2.45) is 28.1 Å². The minimum Gasteiger partial charge on any atom is -0.508 e. The fraction of sp³-hybridized carbons (Fsp3) is 0.515. The van der Waals surface area contributed by atoms with Gasteiger partial charge in [-0.1, -0.05) is 60.6 Å². The van der Waals surface area contributed by atoms with Gasteiger partial charge in [-0.25, -0.2) is 0 Å². The van der Waals surface area contributed by atoms with Crippen molar-refractivity contribution in [2.45, 2.75) is 80.3 Å². The van der Waals surface area contributed by atoms with Crippen LogP contribution in [0.5, 0.6) is 5.75 Å². The van der Waals surface area contributed by atoms with Crippen molar-refractivity contribution >= 4 is 35.0 Å². The lowest BCUT2D eigenvalue weighted by Gasteiger charge is -2.59. The third-order valence-corrected chi connectivity index (χ3v) is 9.08. The third-order valence-electron chi connectivity index (χ3n) is 9.08. The van der Waals surface area contributed by atoms with Crippen LogP contribution in [0.3, 0.4) is 0 Å². The SMILES string of the molecule is CC(=O)C1=C(O)[C@]2(O)C(=O)C3=C(O)c4c(O)ccc(/C=C/C(=O)CC(C)(C)C)c4C[C@]3(C)C[C@]2(C)C(C(C)C)C1=O. The Hall–Kier alpha value is -3.52. The molecular formula is C33H40O8. The van der Waals surface area contributed by atoms with Crippen LogP contribution in [-0.4, -0.2) is 49.2 Å². The first-order valence-electron chi connectivity index (χ1n) is 14.0. The van der Waals surface area contributed by atoms with Gasteiger partial charge in [-0.2, -0.15) is 0 Å². The lowest BCUT2D eigenvalue weighted by molar-refractivity contribution is -0.178. The Labute approximate surface area is 240 Å². The molecule has 0 amide bonds. The highest BCUT2D eigenvalue weighted by molar-refractivity contribution is 6.24. The molecule has 1 saturated carbocycles. The lowest BCUT2D eigenvalue weighted by atomic mass is 9.43. The van der Waals surface area contributed by atoms with Gasteiger partial charge in [0.2, 0.25) is 5.78 Å². The molecule has 3 aliphatic carbocycles. The summed E-state index contributed by atoms with van der Waals surface area (Å²) in [5, 5.41) is 45.7. The predicted molar refractivity (Wildman–Crippen MR) is 154 cm³/mol. The number of aliphatic hydroxyl groups excluding tert-OH is 2. The second kappa shape index (κ2) is 9.51. The topological polar surface area (TPSA) is 149 Å². The maximum atomic E-state index is 14.3. The number of Topliss-reactive ketones (excluding diaryl/α,β-unsaturated/α-hetero) is 3. The van der Waals surface area contributed by atoms with Crippen molar-refractivity contribution in [1.29, 1.82) is 0 Å². The quantitative estimate of drug-likeness (QED) is 0.281. The third kappa shape index (κ3) is 4.38. The molecule has 0 aliphatic heterocycles. The molecule has 0 saturated heterocycles. The Morgan fingerprint density at radius 2 is 1.71 bits per heavy atom. The Morgan fingerprint density at radius 1 is 1.10 bits per heavy atom. The summed E-state index contributed by atoms with van der Waals surface area (Å²) in [4.78, 5) is 53.0. The van der Waals surface area contributed by atoms with E-state index in [2.05, 4.69) is 0 Å². The Bertz CT molecular complexity index is 1480. The molecule has 3 aliphatic rings. The van der Waals surface area contributed by atoms with Gasteiger partial charge in [0.15, 0.2) is 23.0 Å². The van der Waals surface area contributed by atoms with Crippen molar-refractivity contribution in [1.82, 2.24) is 0 Å². The molecule has 4 N–H and O–H groups in total. The number of rotatable bonds is 5. The molecule has 4 rings (SSSR count). The first-order chi connectivity index (χ1) is 18.7. The second-order valence-corrected chi connectivity index (χ2v) is 14.0. The van der Waals surface area contributed by atoms with Crippen LogP contribution in [0.2, 0.25) is 0 Å². The number of hydrogen-bond donors (Lipinski definition) is 4. The van der Waals surface area contributed by atoms with Crippen molar-refractivity contribution in [3.63, 3.8) is 0 Å². The zero-order valence-electron chi connectivity index (χ0n) is 25.0. The smallest absolute Gasteiger partial charge is 0.203 e. The number of phenols is 1. The molecular weight excluding hydrogens is 524 g/mol. The van der Waals surface area contributed by atoms with E-state index in [1.165, 1.54) is 12.1 Å². The van der Waals surface area contributed by atoms with Crippen LogP contribution in [0, 0.1) is 28.1 Å². The summed E-state index contributed by atoms with van der Waals surface area (Å²) in [5.74, 6) is -5.69. The first-order valence-corrected chi connectivity index (χ1v) is 14.0. The molecule has 0 radical (unpaired) electrons. The number of benzene rings is 1. The zero-order chi connectivity index (χ0) is 31.0. The highest BCUT2D eigenvalue weighted by atomic mass is 16.3. The van der Waals surface area contributed by atoms with E-state index >= 15 is 0 Å². The molecule has 1 aromatic carbocycles. The fourth-order valence-corrected chi connectivity index (χ4v) is 7.66. The zero-order valence-corrected chi connectivity index (χ0v) is 25.0. The fourth-order valence-electron chi connectivity index (χ4n) is 7.66. The summed E-state index contributed by atoms with van der Waals surface area (Å²) in [5.41, 5.74) is -5.19. The Balaban J connectivity index is 1.97. The summed E-state index contributed by atoms with van der Waals surface area (Å²) in [6.45, 7) is 13.8. The van der Waals surface area contributed by atoms with Gasteiger partial charge in [0, 0.05) is 28.7 Å². The molecule has 8 nitrogen and oxygen atoms in total. The van der Waals surface area contributed by atoms with Crippen LogP contribution in [0.15, 0.2) is 35.1 Å². The molecule has 8 heteroatoms. The number of allylic oxidation sites excluding steroid dienone is 2. The van der Waals surface area contributed by atoms with Crippen LogP contribution in [0.25, 0.3) is 11.8 Å². The minimum absolute atomic E-state index is 0.00556. The highest BCUT2D eigenvalue weighted by Gasteiger charge is 2.72. The number of aliphatic hydroxyl groups is 3. The van der Waals surface area contributed by atoms with Gasteiger partial charge in [0.05, 0.1) is 5.56 Å². The van der Waals surface area contributed by atoms with Crippen LogP contribution < -0.4 is 0 Å². The summed E-state index contributed by atoms with van der Waals surface area (Å²) in [6.07, 6.45) is 3.57. The lowest BCUT2D eigenvalue weighted by Crippen LogP contribution is -2.69. The van der Waals surface area contributed by atoms with E-state index < -0.39 is 62.7 Å². The van der Waals surface area contributed by atoms with Crippen LogP contribution >= 0.6 is 0 Å². The van der Waals surface area contributed by atoms with Gasteiger partial charge in [-0.15, -0.1) is 0 Å². The van der Waals surface area contributed by atoms with Gasteiger partial charge in [-0.3, -0.25) is 19.2 Å². The maximum absolute atomic E-state index is 14.3. The van der Waals surface area contributed by atoms with E-state index in [0.717, 1.165) is 6.92 Å². The van der Waals surface area contributed by atoms with Crippen molar-refractivity contribution in [3.05, 3.63) is 51.8 Å². The molecule has 4 atom stereocenters. The van der Waals surface area contributed by atoms with Crippen LogP contribution in [0.1, 0.15) is 84.9 Å². The van der Waals surface area contributed by atoms with Crippen LogP contribution in [-0.2, 0) is 25.6 Å². The van der Waals surface area contributed by atoms with Gasteiger partial charge < -0.3 is 20.4 Å². The summed E-state index contributed by atoms with van der Waals surface area (Å²) < 4.78 is 0. The Morgan fingerprint density at radius 3 is 2.24 bits per heavy atom. The largest absolute Gasteiger partial charge is 0.508 e. The second-order valence-electron chi connectivity index (χ2n) is 14.0. The monoisotopic (exact) mass is 564 g/mol. The first kappa shape index (κ1) is 30.4. The standard InChI is InChI=1S/C33H40O8/c1-16(2)24-26(37)22(17(3)34)28(39)33(41)29(40)25-27(38)23-20(14-31(25,7)15-32(24,33)8)18(10-12-21(23)36)9-11-19(35)13-30(4,5)6/h9-12,16,24,36,38-39,41H,13-15H2,1-8H3/b11-9+/t24?,31-,32-,33+/m1/s1. The van der Waals surface area contributed by atoms with Crippen molar-refractivity contribution in [2.75, 3.05) is 0 Å². The van der Waals surface area contributed by atoms with E-state index in [-0.39, 0.29) is 40.9 Å². The van der Waals surface area contributed by atoms with Gasteiger partial charge in [0.1, 0.15) is 22.8 Å². The summed E-state index contributed by atoms with van der Waals surface area (Å²) >= 11 is 0. The summed E-state index contributed by atoms with van der Waals surface area (Å²) in [6, 6.07) is 2.99. The number of carbonyl (C=O) groups excluding carboxylic acids is 4. The number of carbonyl (C=O) groups is 4. The average molecular weight is 565 g/mol. The van der Waals surface area contributed by atoms with Crippen molar-refractivity contribution < 1.29 is 39.6 Å². The molecule has 220 valence electrons. The van der Waals surface area contributed by atoms with Crippen molar-refractivity contribution in [3.8, 4) is 5.75 Å². The molecule has 0 bridgehead atoms. The Kier molecular flexibility index (Phi) is 7.06. The van der Waals surface area contributed by atoms with Gasteiger partial charge in [-0.05, 0) is 54.4 Å². The predicted octanol–water partition coefficient (Wildman–Crippen LogP) is 5.21. The number of phenolic OH excluding ortho intramolecular Hbond substituents is 1. The van der Waals surface area contributed by atoms with E-state index in [0.29, 0.717) is 17.5 Å². The molecule has 1 fully saturated rings. The van der Waals surface area contributed by atoms with Crippen LogP contribution in [0.4, 0.5) is 0 Å². The normalized spacial score (nSPS) is 30.0.